The summed E-state index contributed by atoms with van der Waals surface area (Å²) in [5, 5.41) is 51.0. The zero-order chi connectivity index (χ0) is 22.1. The van der Waals surface area contributed by atoms with Gasteiger partial charge < -0.3 is 20.1 Å². The predicted octanol–water partition coefficient (Wildman–Crippen LogP) is 1.75. The quantitative estimate of drug-likeness (QED) is 0.472. The standard InChI is InChI=1S/C17H14Cl2N6O4S2/c18-8-1-7(3-21-9(8)2-20)31-17-15(28)13(14(27)11(5-26)29-17)25-4-10(23-24-25)16-22-12(19)6-30-16/h1,3-4,6,11,13-15,17,26-28H,5H2/t11?,13?,14-,15-,17+/m0/s1. The maximum Gasteiger partial charge on any atom is 0.159 e. The molecular formula is C17H14Cl2N6O4S2. The van der Waals surface area contributed by atoms with Gasteiger partial charge in [0.25, 0.3) is 0 Å². The zero-order valence-electron chi connectivity index (χ0n) is 15.4. The zero-order valence-corrected chi connectivity index (χ0v) is 18.6. The Bertz CT molecular complexity index is 1120. The number of halogens is 2. The molecule has 3 aromatic rings. The van der Waals surface area contributed by atoms with Crippen molar-refractivity contribution in [3.8, 4) is 16.8 Å². The highest BCUT2D eigenvalue weighted by molar-refractivity contribution is 7.99. The Kier molecular flexibility index (Phi) is 6.75. The van der Waals surface area contributed by atoms with Gasteiger partial charge >= 0.3 is 0 Å². The monoisotopic (exact) mass is 500 g/mol. The van der Waals surface area contributed by atoms with Crippen molar-refractivity contribution in [2.75, 3.05) is 6.61 Å². The SMILES string of the molecule is N#Cc1ncc(S[C@H]2OC(CO)[C@H](O)C(n3cc(-c4nc(Cl)cs4)nn3)[C@@H]2O)cc1Cl. The molecule has 1 saturated heterocycles. The van der Waals surface area contributed by atoms with Gasteiger partial charge in [-0.2, -0.15) is 5.26 Å². The number of aliphatic hydroxyl groups excluding tert-OH is 3. The molecular weight excluding hydrogens is 487 g/mol. The van der Waals surface area contributed by atoms with Crippen molar-refractivity contribution in [2.45, 2.75) is 34.7 Å². The smallest absolute Gasteiger partial charge is 0.159 e. The van der Waals surface area contributed by atoms with Crippen LogP contribution in [0.4, 0.5) is 0 Å². The first-order valence-corrected chi connectivity index (χ1v) is 11.3. The second-order valence-electron chi connectivity index (χ2n) is 6.49. The Hall–Kier alpha value is -1.82. The fourth-order valence-electron chi connectivity index (χ4n) is 3.07. The first-order chi connectivity index (χ1) is 14.9. The van der Waals surface area contributed by atoms with Crippen LogP contribution in [0.2, 0.25) is 10.2 Å². The highest BCUT2D eigenvalue weighted by atomic mass is 35.5. The summed E-state index contributed by atoms with van der Waals surface area (Å²) in [6.07, 6.45) is -0.498. The second kappa shape index (κ2) is 9.35. The molecule has 10 nitrogen and oxygen atoms in total. The molecule has 0 aromatic carbocycles. The normalized spacial score (nSPS) is 26.0. The van der Waals surface area contributed by atoms with Crippen LogP contribution in [0.25, 0.3) is 10.7 Å². The largest absolute Gasteiger partial charge is 0.394 e. The van der Waals surface area contributed by atoms with Gasteiger partial charge in [0.05, 0.1) is 17.8 Å². The van der Waals surface area contributed by atoms with Crippen LogP contribution in [-0.4, -0.2) is 70.6 Å². The van der Waals surface area contributed by atoms with E-state index in [1.165, 1.54) is 34.5 Å². The van der Waals surface area contributed by atoms with E-state index in [-0.39, 0.29) is 10.7 Å². The van der Waals surface area contributed by atoms with E-state index in [4.69, 9.17) is 33.2 Å². The van der Waals surface area contributed by atoms with Crippen LogP contribution in [0, 0.1) is 11.3 Å². The lowest BCUT2D eigenvalue weighted by Gasteiger charge is -2.41. The van der Waals surface area contributed by atoms with Gasteiger partial charge in [0.15, 0.2) is 5.69 Å². The van der Waals surface area contributed by atoms with Crippen molar-refractivity contribution in [3.63, 3.8) is 0 Å². The third kappa shape index (κ3) is 4.55. The summed E-state index contributed by atoms with van der Waals surface area (Å²) in [6, 6.07) is 2.45. The Morgan fingerprint density at radius 2 is 2.13 bits per heavy atom. The molecule has 0 bridgehead atoms. The van der Waals surface area contributed by atoms with Crippen LogP contribution in [0.3, 0.4) is 0 Å². The molecule has 5 atom stereocenters. The van der Waals surface area contributed by atoms with E-state index < -0.39 is 36.4 Å². The van der Waals surface area contributed by atoms with E-state index in [1.54, 1.807) is 5.38 Å². The molecule has 4 rings (SSSR count). The molecule has 0 radical (unpaired) electrons. The van der Waals surface area contributed by atoms with Crippen LogP contribution in [-0.2, 0) is 4.74 Å². The van der Waals surface area contributed by atoms with Gasteiger partial charge in [0.1, 0.15) is 51.7 Å². The number of nitriles is 1. The maximum atomic E-state index is 11.0. The van der Waals surface area contributed by atoms with Gasteiger partial charge in [0.2, 0.25) is 0 Å². The molecule has 1 fully saturated rings. The van der Waals surface area contributed by atoms with E-state index in [0.29, 0.717) is 20.8 Å². The lowest BCUT2D eigenvalue weighted by atomic mass is 9.97. The van der Waals surface area contributed by atoms with Crippen molar-refractivity contribution >= 4 is 46.3 Å². The predicted molar refractivity (Wildman–Crippen MR) is 113 cm³/mol. The highest BCUT2D eigenvalue weighted by Gasteiger charge is 2.46. The number of hydrogen-bond donors (Lipinski definition) is 3. The summed E-state index contributed by atoms with van der Waals surface area (Å²) in [5.74, 6) is 0. The van der Waals surface area contributed by atoms with E-state index >= 15 is 0 Å². The van der Waals surface area contributed by atoms with Gasteiger partial charge in [-0.1, -0.05) is 40.2 Å². The molecule has 2 unspecified atom stereocenters. The van der Waals surface area contributed by atoms with Gasteiger partial charge in [-0.15, -0.1) is 16.4 Å². The van der Waals surface area contributed by atoms with E-state index in [9.17, 15) is 15.3 Å². The van der Waals surface area contributed by atoms with Crippen LogP contribution >= 0.6 is 46.3 Å². The third-order valence-electron chi connectivity index (χ3n) is 4.53. The molecule has 0 spiro atoms. The molecule has 0 aliphatic carbocycles. The van der Waals surface area contributed by atoms with Crippen LogP contribution in [0.1, 0.15) is 11.7 Å². The number of nitrogens with zero attached hydrogens (tertiary/aromatic N) is 6. The van der Waals surface area contributed by atoms with Gasteiger partial charge in [0, 0.05) is 16.5 Å². The summed E-state index contributed by atoms with van der Waals surface area (Å²) in [6.45, 7) is -0.475. The van der Waals surface area contributed by atoms with E-state index in [2.05, 4.69) is 20.3 Å². The lowest BCUT2D eigenvalue weighted by molar-refractivity contribution is -0.178. The number of aliphatic hydroxyl groups is 3. The number of aromatic nitrogens is 5. The molecule has 1 aliphatic rings. The maximum absolute atomic E-state index is 11.0. The molecule has 4 heterocycles. The van der Waals surface area contributed by atoms with Crippen LogP contribution in [0.5, 0.6) is 0 Å². The molecule has 0 amide bonds. The number of thiazole rings is 1. The molecule has 0 saturated carbocycles. The van der Waals surface area contributed by atoms with Crippen molar-refractivity contribution in [2.24, 2.45) is 0 Å². The number of hydrogen-bond acceptors (Lipinski definition) is 11. The van der Waals surface area contributed by atoms with Gasteiger partial charge in [-0.05, 0) is 6.07 Å². The van der Waals surface area contributed by atoms with Crippen molar-refractivity contribution < 1.29 is 20.1 Å². The highest BCUT2D eigenvalue weighted by Crippen LogP contribution is 2.38. The number of ether oxygens (including phenoxy) is 1. The van der Waals surface area contributed by atoms with Crippen molar-refractivity contribution in [1.82, 2.24) is 25.0 Å². The molecule has 3 aromatic heterocycles. The second-order valence-corrected chi connectivity index (χ2v) is 9.31. The van der Waals surface area contributed by atoms with E-state index in [0.717, 1.165) is 11.8 Å². The number of pyridine rings is 1. The minimum absolute atomic E-state index is 0.0788. The fraction of sp³-hybridized carbons (Fsp3) is 0.353. The minimum atomic E-state index is -1.26. The fourth-order valence-corrected chi connectivity index (χ4v) is 5.31. The molecule has 1 aliphatic heterocycles. The molecule has 3 N–H and O–H groups in total. The third-order valence-corrected chi connectivity index (χ3v) is 7.13. The van der Waals surface area contributed by atoms with Gasteiger partial charge in [-0.3, -0.25) is 0 Å². The summed E-state index contributed by atoms with van der Waals surface area (Å²) < 4.78 is 7.02. The van der Waals surface area contributed by atoms with Gasteiger partial charge in [-0.25, -0.2) is 14.6 Å². The average Bonchev–Trinajstić information content (AvgIpc) is 3.39. The molecule has 14 heteroatoms. The number of thioether (sulfide) groups is 1. The topological polar surface area (TPSA) is 150 Å². The summed E-state index contributed by atoms with van der Waals surface area (Å²) in [5.41, 5.74) is -0.385. The first kappa shape index (κ1) is 22.4. The number of rotatable bonds is 5. The summed E-state index contributed by atoms with van der Waals surface area (Å²) in [7, 11) is 0. The molecule has 162 valence electrons. The minimum Gasteiger partial charge on any atom is -0.394 e. The summed E-state index contributed by atoms with van der Waals surface area (Å²) >= 11 is 14.3. The summed E-state index contributed by atoms with van der Waals surface area (Å²) in [4.78, 5) is 8.64. The Morgan fingerprint density at radius 1 is 1.32 bits per heavy atom. The van der Waals surface area contributed by atoms with Crippen molar-refractivity contribution in [3.05, 3.63) is 39.7 Å². The first-order valence-electron chi connectivity index (χ1n) is 8.79. The van der Waals surface area contributed by atoms with E-state index in [1.807, 2.05) is 6.07 Å². The van der Waals surface area contributed by atoms with Crippen LogP contribution in [0.15, 0.2) is 28.7 Å². The lowest BCUT2D eigenvalue weighted by Crippen LogP contribution is -2.55. The Balaban J connectivity index is 1.60. The Morgan fingerprint density at radius 3 is 2.77 bits per heavy atom. The van der Waals surface area contributed by atoms with Crippen LogP contribution < -0.4 is 0 Å². The Labute approximate surface area is 194 Å². The average molecular weight is 501 g/mol. The van der Waals surface area contributed by atoms with Crippen molar-refractivity contribution in [1.29, 1.82) is 5.26 Å². The molecule has 31 heavy (non-hydrogen) atoms.